The van der Waals surface area contributed by atoms with E-state index in [2.05, 4.69) is 0 Å². The van der Waals surface area contributed by atoms with Crippen LogP contribution in [-0.2, 0) is 0 Å². The van der Waals surface area contributed by atoms with E-state index in [9.17, 15) is 9.90 Å². The predicted molar refractivity (Wildman–Crippen MR) is 76.6 cm³/mol. The molecule has 2 rings (SSSR count). The van der Waals surface area contributed by atoms with Gasteiger partial charge in [0.2, 0.25) is 0 Å². The van der Waals surface area contributed by atoms with Gasteiger partial charge in [-0.05, 0) is 35.4 Å². The van der Waals surface area contributed by atoms with Gasteiger partial charge in [-0.1, -0.05) is 29.8 Å². The predicted octanol–water partition coefficient (Wildman–Crippen LogP) is 3.41. The first-order chi connectivity index (χ1) is 8.99. The highest BCUT2D eigenvalue weighted by atomic mass is 35.5. The van der Waals surface area contributed by atoms with Crippen molar-refractivity contribution in [2.45, 2.75) is 0 Å². The molecule has 3 nitrogen and oxygen atoms in total. The summed E-state index contributed by atoms with van der Waals surface area (Å²) in [5, 5.41) is 9.93. The lowest BCUT2D eigenvalue weighted by atomic mass is 10.0. The fourth-order valence-electron chi connectivity index (χ4n) is 1.78. The van der Waals surface area contributed by atoms with Gasteiger partial charge in [-0.2, -0.15) is 0 Å². The molecule has 4 heteroatoms. The van der Waals surface area contributed by atoms with Crippen LogP contribution in [0.4, 0.5) is 0 Å². The maximum absolute atomic E-state index is 11.9. The molecule has 0 heterocycles. The number of hydrogen-bond acceptors (Lipinski definition) is 2. The van der Waals surface area contributed by atoms with Crippen molar-refractivity contribution in [3.8, 4) is 16.9 Å². The second-order valence-electron chi connectivity index (χ2n) is 4.45. The molecule has 0 radical (unpaired) electrons. The molecule has 0 aromatic heterocycles. The summed E-state index contributed by atoms with van der Waals surface area (Å²) in [5.74, 6) is -0.0245. The molecule has 0 saturated heterocycles. The Morgan fingerprint density at radius 1 is 1.11 bits per heavy atom. The normalized spacial score (nSPS) is 10.3. The molecule has 98 valence electrons. The van der Waals surface area contributed by atoms with Gasteiger partial charge < -0.3 is 10.0 Å². The molecule has 0 unspecified atom stereocenters. The fraction of sp³-hybridized carbons (Fsp3) is 0.133. The Labute approximate surface area is 117 Å². The minimum atomic E-state index is -0.0555. The molecule has 1 amide bonds. The van der Waals surface area contributed by atoms with Crippen molar-refractivity contribution >= 4 is 17.5 Å². The third kappa shape index (κ3) is 2.88. The van der Waals surface area contributed by atoms with Crippen LogP contribution in [0.5, 0.6) is 5.75 Å². The lowest BCUT2D eigenvalue weighted by Crippen LogP contribution is -2.21. The van der Waals surface area contributed by atoms with Gasteiger partial charge in [-0.3, -0.25) is 4.79 Å². The van der Waals surface area contributed by atoms with Crippen LogP contribution in [0.3, 0.4) is 0 Å². The zero-order valence-electron chi connectivity index (χ0n) is 10.7. The standard InChI is InChI=1S/C15H14ClNO2/c1-17(2)15(19)12-5-3-4-10(8-12)11-6-7-13(16)14(18)9-11/h3-9,18H,1-2H3. The molecule has 19 heavy (non-hydrogen) atoms. The average molecular weight is 276 g/mol. The Hall–Kier alpha value is -2.00. The average Bonchev–Trinajstić information content (AvgIpc) is 2.41. The van der Waals surface area contributed by atoms with Crippen LogP contribution in [0, 0.1) is 0 Å². The van der Waals surface area contributed by atoms with Gasteiger partial charge >= 0.3 is 0 Å². The Balaban J connectivity index is 2.43. The molecule has 0 saturated carbocycles. The molecule has 2 aromatic carbocycles. The third-order valence-electron chi connectivity index (χ3n) is 2.80. The topological polar surface area (TPSA) is 40.5 Å². The molecule has 0 spiro atoms. The van der Waals surface area contributed by atoms with E-state index >= 15 is 0 Å². The smallest absolute Gasteiger partial charge is 0.253 e. The van der Waals surface area contributed by atoms with Gasteiger partial charge in [0.05, 0.1) is 5.02 Å². The highest BCUT2D eigenvalue weighted by molar-refractivity contribution is 6.32. The first-order valence-electron chi connectivity index (χ1n) is 5.79. The molecule has 0 bridgehead atoms. The van der Waals surface area contributed by atoms with E-state index in [1.54, 1.807) is 44.4 Å². The molecule has 0 aliphatic heterocycles. The van der Waals surface area contributed by atoms with Crippen LogP contribution in [-0.4, -0.2) is 30.0 Å². The number of nitrogens with zero attached hydrogens (tertiary/aromatic N) is 1. The maximum atomic E-state index is 11.9. The van der Waals surface area contributed by atoms with Crippen LogP contribution in [0.2, 0.25) is 5.02 Å². The molecule has 0 atom stereocenters. The quantitative estimate of drug-likeness (QED) is 0.912. The summed E-state index contributed by atoms with van der Waals surface area (Å²) in [6.45, 7) is 0. The molecule has 1 N–H and O–H groups in total. The van der Waals surface area contributed by atoms with Crippen molar-refractivity contribution in [3.63, 3.8) is 0 Å². The van der Waals surface area contributed by atoms with Crippen molar-refractivity contribution in [1.29, 1.82) is 0 Å². The second kappa shape index (κ2) is 5.33. The fourth-order valence-corrected chi connectivity index (χ4v) is 1.90. The van der Waals surface area contributed by atoms with Crippen molar-refractivity contribution in [1.82, 2.24) is 4.90 Å². The number of phenolic OH excluding ortho intramolecular Hbond substituents is 1. The number of benzene rings is 2. The second-order valence-corrected chi connectivity index (χ2v) is 4.85. The van der Waals surface area contributed by atoms with E-state index in [-0.39, 0.29) is 11.7 Å². The van der Waals surface area contributed by atoms with Crippen molar-refractivity contribution < 1.29 is 9.90 Å². The largest absolute Gasteiger partial charge is 0.506 e. The van der Waals surface area contributed by atoms with Crippen molar-refractivity contribution in [2.75, 3.05) is 14.1 Å². The summed E-state index contributed by atoms with van der Waals surface area (Å²) in [4.78, 5) is 13.4. The zero-order valence-corrected chi connectivity index (χ0v) is 11.5. The molecule has 2 aromatic rings. The van der Waals surface area contributed by atoms with Crippen LogP contribution in [0.25, 0.3) is 11.1 Å². The summed E-state index contributed by atoms with van der Waals surface area (Å²) in [5.41, 5.74) is 2.28. The van der Waals surface area contributed by atoms with Crippen molar-refractivity contribution in [2.24, 2.45) is 0 Å². The van der Waals surface area contributed by atoms with Crippen LogP contribution in [0.15, 0.2) is 42.5 Å². The Kier molecular flexibility index (Phi) is 3.76. The first-order valence-corrected chi connectivity index (χ1v) is 6.17. The van der Waals surface area contributed by atoms with Gasteiger partial charge in [0.1, 0.15) is 5.75 Å². The molecule has 0 fully saturated rings. The lowest BCUT2D eigenvalue weighted by molar-refractivity contribution is 0.0827. The Morgan fingerprint density at radius 3 is 2.42 bits per heavy atom. The lowest BCUT2D eigenvalue weighted by Gasteiger charge is -2.11. The van der Waals surface area contributed by atoms with E-state index in [1.807, 2.05) is 12.1 Å². The van der Waals surface area contributed by atoms with E-state index in [1.165, 1.54) is 4.90 Å². The Bertz CT molecular complexity index is 623. The SMILES string of the molecule is CN(C)C(=O)c1cccc(-c2ccc(Cl)c(O)c2)c1. The molecule has 0 aliphatic carbocycles. The summed E-state index contributed by atoms with van der Waals surface area (Å²) in [7, 11) is 3.42. The summed E-state index contributed by atoms with van der Waals surface area (Å²) < 4.78 is 0. The van der Waals surface area contributed by atoms with Gasteiger partial charge in [0.25, 0.3) is 5.91 Å². The summed E-state index contributed by atoms with van der Waals surface area (Å²) >= 11 is 5.78. The van der Waals surface area contributed by atoms with Crippen molar-refractivity contribution in [3.05, 3.63) is 53.1 Å². The highest BCUT2D eigenvalue weighted by Crippen LogP contribution is 2.29. The molecular formula is C15H14ClNO2. The maximum Gasteiger partial charge on any atom is 0.253 e. The highest BCUT2D eigenvalue weighted by Gasteiger charge is 2.09. The number of carbonyl (C=O) groups is 1. The third-order valence-corrected chi connectivity index (χ3v) is 3.11. The molecule has 0 aliphatic rings. The first kappa shape index (κ1) is 13.4. The van der Waals surface area contributed by atoms with E-state index in [0.29, 0.717) is 10.6 Å². The van der Waals surface area contributed by atoms with Gasteiger partial charge in [0, 0.05) is 19.7 Å². The van der Waals surface area contributed by atoms with E-state index < -0.39 is 0 Å². The van der Waals surface area contributed by atoms with E-state index in [4.69, 9.17) is 11.6 Å². The Morgan fingerprint density at radius 2 is 1.79 bits per heavy atom. The van der Waals surface area contributed by atoms with Gasteiger partial charge in [-0.15, -0.1) is 0 Å². The van der Waals surface area contributed by atoms with Crippen LogP contribution >= 0.6 is 11.6 Å². The number of carbonyl (C=O) groups excluding carboxylic acids is 1. The monoisotopic (exact) mass is 275 g/mol. The molecular weight excluding hydrogens is 262 g/mol. The number of rotatable bonds is 2. The van der Waals surface area contributed by atoms with Crippen LogP contribution < -0.4 is 0 Å². The minimum absolute atomic E-state index is 0.0310. The summed E-state index contributed by atoms with van der Waals surface area (Å²) in [6.07, 6.45) is 0. The number of phenols is 1. The van der Waals surface area contributed by atoms with Gasteiger partial charge in [0.15, 0.2) is 0 Å². The number of hydrogen-bond donors (Lipinski definition) is 1. The van der Waals surface area contributed by atoms with E-state index in [0.717, 1.165) is 11.1 Å². The summed E-state index contributed by atoms with van der Waals surface area (Å²) in [6, 6.07) is 12.3. The van der Waals surface area contributed by atoms with Crippen LogP contribution in [0.1, 0.15) is 10.4 Å². The number of aromatic hydroxyl groups is 1. The minimum Gasteiger partial charge on any atom is -0.506 e. The zero-order chi connectivity index (χ0) is 14.0. The number of halogens is 1. The number of amides is 1. The van der Waals surface area contributed by atoms with Gasteiger partial charge in [-0.25, -0.2) is 0 Å².